The minimum Gasteiger partial charge on any atom is -0.356 e. The number of aromatic nitrogens is 1. The van der Waals surface area contributed by atoms with Crippen molar-refractivity contribution in [2.75, 3.05) is 6.54 Å². The molecule has 0 aliphatic carbocycles. The largest absolute Gasteiger partial charge is 0.356 e. The van der Waals surface area contributed by atoms with Crippen molar-refractivity contribution in [3.8, 4) is 0 Å². The van der Waals surface area contributed by atoms with E-state index in [-0.39, 0.29) is 0 Å². The molecule has 0 aliphatic heterocycles. The van der Waals surface area contributed by atoms with Gasteiger partial charge in [-0.05, 0) is 50.4 Å². The van der Waals surface area contributed by atoms with Crippen LogP contribution in [0.4, 0.5) is 0 Å². The second kappa shape index (κ2) is 4.03. The van der Waals surface area contributed by atoms with Gasteiger partial charge < -0.3 is 10.3 Å². The molecule has 0 saturated carbocycles. The van der Waals surface area contributed by atoms with E-state index < -0.39 is 0 Å². The molecule has 2 aromatic rings. The van der Waals surface area contributed by atoms with Gasteiger partial charge in [0.2, 0.25) is 0 Å². The Balaban J connectivity index is 2.49. The van der Waals surface area contributed by atoms with Crippen molar-refractivity contribution < 1.29 is 4.52 Å². The molecule has 1 heterocycles. The second-order valence-corrected chi connectivity index (χ2v) is 3.98. The molecule has 0 unspecified atom stereocenters. The quantitative estimate of drug-likeness (QED) is 0.834. The van der Waals surface area contributed by atoms with Gasteiger partial charge in [0.05, 0.1) is 5.69 Å². The van der Waals surface area contributed by atoms with Gasteiger partial charge in [-0.2, -0.15) is 0 Å². The summed E-state index contributed by atoms with van der Waals surface area (Å²) in [6, 6.07) is 4.24. The van der Waals surface area contributed by atoms with Crippen LogP contribution in [-0.4, -0.2) is 11.7 Å². The molecule has 0 spiro atoms. The van der Waals surface area contributed by atoms with E-state index in [2.05, 4.69) is 24.2 Å². The van der Waals surface area contributed by atoms with E-state index in [0.717, 1.165) is 35.1 Å². The number of nitrogens with zero attached hydrogens (tertiary/aromatic N) is 1. The number of hydrogen-bond donors (Lipinski definition) is 1. The van der Waals surface area contributed by atoms with Crippen LogP contribution < -0.4 is 5.73 Å². The molecule has 3 heteroatoms. The van der Waals surface area contributed by atoms with E-state index in [1.165, 1.54) is 5.56 Å². The third-order valence-electron chi connectivity index (χ3n) is 2.59. The third kappa shape index (κ3) is 1.88. The predicted octanol–water partition coefficient (Wildman–Crippen LogP) is 2.34. The number of rotatable bonds is 3. The van der Waals surface area contributed by atoms with E-state index in [1.807, 2.05) is 6.92 Å². The Kier molecular flexibility index (Phi) is 2.73. The maximum Gasteiger partial charge on any atom is 0.170 e. The third-order valence-corrected chi connectivity index (χ3v) is 2.59. The lowest BCUT2D eigenvalue weighted by Crippen LogP contribution is -2.00. The first kappa shape index (κ1) is 10.2. The van der Waals surface area contributed by atoms with Crippen LogP contribution in [0.3, 0.4) is 0 Å². The van der Waals surface area contributed by atoms with Crippen LogP contribution in [0.2, 0.25) is 0 Å². The summed E-state index contributed by atoms with van der Waals surface area (Å²) in [5.41, 5.74) is 9.83. The fourth-order valence-corrected chi connectivity index (χ4v) is 1.89. The van der Waals surface area contributed by atoms with Crippen molar-refractivity contribution in [1.82, 2.24) is 5.16 Å². The van der Waals surface area contributed by atoms with Crippen molar-refractivity contribution >= 4 is 11.0 Å². The minimum atomic E-state index is 0.694. The van der Waals surface area contributed by atoms with Crippen molar-refractivity contribution in [2.45, 2.75) is 26.7 Å². The predicted molar refractivity (Wildman–Crippen MR) is 60.9 cm³/mol. The molecule has 2 N–H and O–H groups in total. The van der Waals surface area contributed by atoms with Crippen molar-refractivity contribution in [1.29, 1.82) is 0 Å². The molecule has 0 radical (unpaired) electrons. The average Bonchev–Trinajstić information content (AvgIpc) is 2.58. The van der Waals surface area contributed by atoms with E-state index in [0.29, 0.717) is 6.54 Å². The van der Waals surface area contributed by atoms with Gasteiger partial charge in [0.25, 0.3) is 0 Å². The van der Waals surface area contributed by atoms with Gasteiger partial charge >= 0.3 is 0 Å². The monoisotopic (exact) mass is 204 g/mol. The Morgan fingerprint density at radius 3 is 2.87 bits per heavy atom. The Bertz CT molecular complexity index is 474. The lowest BCUT2D eigenvalue weighted by atomic mass is 10.1. The summed E-state index contributed by atoms with van der Waals surface area (Å²) in [5, 5.41) is 5.24. The van der Waals surface area contributed by atoms with Gasteiger partial charge in [-0.15, -0.1) is 0 Å². The highest BCUT2D eigenvalue weighted by Gasteiger charge is 2.10. The lowest BCUT2D eigenvalue weighted by Gasteiger charge is -1.98. The lowest BCUT2D eigenvalue weighted by molar-refractivity contribution is 0.443. The normalized spacial score (nSPS) is 11.1. The summed E-state index contributed by atoms with van der Waals surface area (Å²) in [6.45, 7) is 4.83. The summed E-state index contributed by atoms with van der Waals surface area (Å²) in [6.07, 6.45) is 1.85. The number of hydrogen-bond acceptors (Lipinski definition) is 3. The van der Waals surface area contributed by atoms with Gasteiger partial charge in [-0.25, -0.2) is 0 Å². The standard InChI is InChI=1S/C12H16N2O/c1-8-6-9(2)12-10(7-8)11(14-15-12)4-3-5-13/h6-7H,3-5,13H2,1-2H3. The second-order valence-electron chi connectivity index (χ2n) is 3.98. The molecule has 1 aromatic heterocycles. The van der Waals surface area contributed by atoms with Crippen LogP contribution in [-0.2, 0) is 6.42 Å². The molecular weight excluding hydrogens is 188 g/mol. The van der Waals surface area contributed by atoms with Crippen LogP contribution in [0.25, 0.3) is 11.0 Å². The molecule has 0 atom stereocenters. The zero-order valence-electron chi connectivity index (χ0n) is 9.21. The van der Waals surface area contributed by atoms with Crippen LogP contribution in [0, 0.1) is 13.8 Å². The fourth-order valence-electron chi connectivity index (χ4n) is 1.89. The molecule has 3 nitrogen and oxygen atoms in total. The zero-order valence-corrected chi connectivity index (χ0v) is 9.21. The summed E-state index contributed by atoms with van der Waals surface area (Å²) in [7, 11) is 0. The SMILES string of the molecule is Cc1cc(C)c2onc(CCCN)c2c1. The van der Waals surface area contributed by atoms with Crippen LogP contribution in [0.15, 0.2) is 16.7 Å². The van der Waals surface area contributed by atoms with Gasteiger partial charge in [-0.1, -0.05) is 11.2 Å². The Labute approximate surface area is 89.2 Å². The Morgan fingerprint density at radius 1 is 1.33 bits per heavy atom. The van der Waals surface area contributed by atoms with E-state index in [9.17, 15) is 0 Å². The minimum absolute atomic E-state index is 0.694. The summed E-state index contributed by atoms with van der Waals surface area (Å²) >= 11 is 0. The van der Waals surface area contributed by atoms with Crippen LogP contribution >= 0.6 is 0 Å². The van der Waals surface area contributed by atoms with E-state index in [4.69, 9.17) is 10.3 Å². The summed E-state index contributed by atoms with van der Waals surface area (Å²) < 4.78 is 5.34. The first-order valence-corrected chi connectivity index (χ1v) is 5.28. The number of fused-ring (bicyclic) bond motifs is 1. The summed E-state index contributed by atoms with van der Waals surface area (Å²) in [4.78, 5) is 0. The number of nitrogens with two attached hydrogens (primary N) is 1. The number of aryl methyl sites for hydroxylation is 3. The first-order valence-electron chi connectivity index (χ1n) is 5.28. The highest BCUT2D eigenvalue weighted by molar-refractivity contribution is 5.83. The fraction of sp³-hybridized carbons (Fsp3) is 0.417. The molecule has 2 rings (SSSR count). The molecule has 0 bridgehead atoms. The smallest absolute Gasteiger partial charge is 0.170 e. The first-order chi connectivity index (χ1) is 7.22. The molecule has 0 saturated heterocycles. The molecule has 80 valence electrons. The van der Waals surface area contributed by atoms with Gasteiger partial charge in [0, 0.05) is 5.39 Å². The van der Waals surface area contributed by atoms with Crippen molar-refractivity contribution in [3.63, 3.8) is 0 Å². The van der Waals surface area contributed by atoms with Crippen molar-refractivity contribution in [2.24, 2.45) is 5.73 Å². The highest BCUT2D eigenvalue weighted by atomic mass is 16.5. The van der Waals surface area contributed by atoms with Crippen LogP contribution in [0.1, 0.15) is 23.2 Å². The Hall–Kier alpha value is -1.35. The summed E-state index contributed by atoms with van der Waals surface area (Å²) in [5.74, 6) is 0. The average molecular weight is 204 g/mol. The molecule has 0 amide bonds. The van der Waals surface area contributed by atoms with Crippen molar-refractivity contribution in [3.05, 3.63) is 29.0 Å². The molecule has 15 heavy (non-hydrogen) atoms. The molecular formula is C12H16N2O. The van der Waals surface area contributed by atoms with Crippen LogP contribution in [0.5, 0.6) is 0 Å². The van der Waals surface area contributed by atoms with E-state index >= 15 is 0 Å². The molecule has 0 fully saturated rings. The van der Waals surface area contributed by atoms with E-state index in [1.54, 1.807) is 0 Å². The maximum atomic E-state index is 5.49. The topological polar surface area (TPSA) is 52.0 Å². The maximum absolute atomic E-state index is 5.49. The molecule has 1 aromatic carbocycles. The Morgan fingerprint density at radius 2 is 2.13 bits per heavy atom. The number of benzene rings is 1. The molecule has 0 aliphatic rings. The highest BCUT2D eigenvalue weighted by Crippen LogP contribution is 2.24. The van der Waals surface area contributed by atoms with Gasteiger partial charge in [0.1, 0.15) is 0 Å². The van der Waals surface area contributed by atoms with Gasteiger partial charge in [0.15, 0.2) is 5.58 Å². The zero-order chi connectivity index (χ0) is 10.8. The van der Waals surface area contributed by atoms with Gasteiger partial charge in [-0.3, -0.25) is 0 Å².